The summed E-state index contributed by atoms with van der Waals surface area (Å²) >= 11 is 1.38. The molecule has 5 heteroatoms. The fourth-order valence-corrected chi connectivity index (χ4v) is 2.76. The molecule has 0 aliphatic heterocycles. The Morgan fingerprint density at radius 3 is 2.53 bits per heavy atom. The zero-order valence-corrected chi connectivity index (χ0v) is 11.2. The summed E-state index contributed by atoms with van der Waals surface area (Å²) in [6.45, 7) is 1.87. The monoisotopic (exact) mass is 280 g/mol. The molecule has 2 N–H and O–H groups in total. The molecule has 0 spiro atoms. The van der Waals surface area contributed by atoms with Crippen LogP contribution in [0.3, 0.4) is 0 Å². The van der Waals surface area contributed by atoms with Crippen LogP contribution in [-0.2, 0) is 0 Å². The molecule has 2 rings (SSSR count). The summed E-state index contributed by atoms with van der Waals surface area (Å²) in [6, 6.07) is 9.26. The highest BCUT2D eigenvalue weighted by Crippen LogP contribution is 2.36. The molecular formula is C14H14F2N2S. The Labute approximate surface area is 115 Å². The quantitative estimate of drug-likeness (QED) is 0.871. The van der Waals surface area contributed by atoms with Crippen LogP contribution < -0.4 is 5.73 Å². The van der Waals surface area contributed by atoms with Gasteiger partial charge in [0, 0.05) is 17.1 Å². The summed E-state index contributed by atoms with van der Waals surface area (Å²) in [7, 11) is 0. The second-order valence-electron chi connectivity index (χ2n) is 4.23. The van der Waals surface area contributed by atoms with Crippen LogP contribution in [0, 0.1) is 11.6 Å². The van der Waals surface area contributed by atoms with Gasteiger partial charge in [-0.3, -0.25) is 4.98 Å². The summed E-state index contributed by atoms with van der Waals surface area (Å²) in [5.41, 5.74) is 6.78. The van der Waals surface area contributed by atoms with E-state index < -0.39 is 11.6 Å². The molecule has 0 saturated heterocycles. The van der Waals surface area contributed by atoms with E-state index in [0.717, 1.165) is 11.8 Å². The van der Waals surface area contributed by atoms with Crippen molar-refractivity contribution in [1.29, 1.82) is 0 Å². The first-order valence-corrected chi connectivity index (χ1v) is 6.74. The smallest absolute Gasteiger partial charge is 0.159 e. The molecule has 0 aliphatic carbocycles. The molecule has 0 radical (unpaired) electrons. The van der Waals surface area contributed by atoms with E-state index in [1.54, 1.807) is 12.3 Å². The second kappa shape index (κ2) is 6.12. The van der Waals surface area contributed by atoms with Crippen molar-refractivity contribution in [3.8, 4) is 0 Å². The topological polar surface area (TPSA) is 38.9 Å². The van der Waals surface area contributed by atoms with Crippen molar-refractivity contribution < 1.29 is 8.78 Å². The van der Waals surface area contributed by atoms with Crippen molar-refractivity contribution in [2.75, 3.05) is 0 Å². The molecule has 2 aromatic rings. The molecule has 2 nitrogen and oxygen atoms in total. The second-order valence-corrected chi connectivity index (χ2v) is 5.44. The Bertz CT molecular complexity index is 546. The lowest BCUT2D eigenvalue weighted by atomic mass is 10.2. The fourth-order valence-electron chi connectivity index (χ4n) is 1.68. The van der Waals surface area contributed by atoms with E-state index in [4.69, 9.17) is 5.73 Å². The fraction of sp³-hybridized carbons (Fsp3) is 0.214. The van der Waals surface area contributed by atoms with E-state index in [2.05, 4.69) is 4.98 Å². The number of halogens is 2. The Hall–Kier alpha value is -1.46. The third-order valence-corrected chi connectivity index (χ3v) is 4.06. The Morgan fingerprint density at radius 2 is 1.95 bits per heavy atom. The highest BCUT2D eigenvalue weighted by Gasteiger charge is 2.19. The number of aromatic nitrogens is 1. The molecular weight excluding hydrogens is 266 g/mol. The Balaban J connectivity index is 2.24. The van der Waals surface area contributed by atoms with Gasteiger partial charge in [0.25, 0.3) is 0 Å². The van der Waals surface area contributed by atoms with Gasteiger partial charge >= 0.3 is 0 Å². The summed E-state index contributed by atoms with van der Waals surface area (Å²) in [5.74, 6) is -1.70. The van der Waals surface area contributed by atoms with Crippen molar-refractivity contribution in [2.45, 2.75) is 23.1 Å². The van der Waals surface area contributed by atoms with Crippen LogP contribution in [0.25, 0.3) is 0 Å². The minimum atomic E-state index is -0.852. The lowest BCUT2D eigenvalue weighted by molar-refractivity contribution is 0.506. The summed E-state index contributed by atoms with van der Waals surface area (Å²) in [5, 5.41) is -0.105. The third kappa shape index (κ3) is 3.52. The first-order valence-electron chi connectivity index (χ1n) is 5.86. The van der Waals surface area contributed by atoms with Gasteiger partial charge in [0.05, 0.1) is 10.9 Å². The minimum Gasteiger partial charge on any atom is -0.327 e. The van der Waals surface area contributed by atoms with Crippen LogP contribution in [0.5, 0.6) is 0 Å². The van der Waals surface area contributed by atoms with E-state index in [0.29, 0.717) is 4.90 Å². The van der Waals surface area contributed by atoms with Crippen LogP contribution >= 0.6 is 11.8 Å². The lowest BCUT2D eigenvalue weighted by Crippen LogP contribution is -2.23. The molecule has 0 bridgehead atoms. The average molecular weight is 280 g/mol. The van der Waals surface area contributed by atoms with Gasteiger partial charge in [-0.05, 0) is 37.3 Å². The highest BCUT2D eigenvalue weighted by atomic mass is 32.2. The van der Waals surface area contributed by atoms with Crippen LogP contribution in [0.1, 0.15) is 17.9 Å². The van der Waals surface area contributed by atoms with Crippen molar-refractivity contribution >= 4 is 11.8 Å². The number of benzene rings is 1. The van der Waals surface area contributed by atoms with Gasteiger partial charge in [0.2, 0.25) is 0 Å². The maximum atomic E-state index is 13.2. The van der Waals surface area contributed by atoms with E-state index in [1.807, 2.05) is 25.1 Å². The SMILES string of the molecule is CC(N)C(Sc1ccc(F)c(F)c1)c1ccccn1. The zero-order valence-electron chi connectivity index (χ0n) is 10.4. The van der Waals surface area contributed by atoms with Gasteiger partial charge in [-0.2, -0.15) is 0 Å². The van der Waals surface area contributed by atoms with Crippen molar-refractivity contribution in [3.63, 3.8) is 0 Å². The van der Waals surface area contributed by atoms with Crippen LogP contribution in [0.2, 0.25) is 0 Å². The standard InChI is InChI=1S/C14H14F2N2S/c1-9(17)14(13-4-2-3-7-18-13)19-10-5-6-11(15)12(16)8-10/h2-9,14H,17H2,1H3. The van der Waals surface area contributed by atoms with Crippen molar-refractivity contribution in [1.82, 2.24) is 4.98 Å². The van der Waals surface area contributed by atoms with E-state index >= 15 is 0 Å². The number of hydrogen-bond acceptors (Lipinski definition) is 3. The van der Waals surface area contributed by atoms with Crippen molar-refractivity contribution in [3.05, 3.63) is 59.9 Å². The van der Waals surface area contributed by atoms with Gasteiger partial charge in [-0.1, -0.05) is 6.07 Å². The molecule has 19 heavy (non-hydrogen) atoms. The molecule has 100 valence electrons. The molecule has 0 amide bonds. The average Bonchev–Trinajstić information content (AvgIpc) is 2.40. The normalized spacial score (nSPS) is 14.1. The van der Waals surface area contributed by atoms with Crippen LogP contribution in [0.15, 0.2) is 47.5 Å². The molecule has 2 atom stereocenters. The number of rotatable bonds is 4. The maximum absolute atomic E-state index is 13.2. The molecule has 0 saturated carbocycles. The third-order valence-electron chi connectivity index (χ3n) is 2.61. The van der Waals surface area contributed by atoms with E-state index in [-0.39, 0.29) is 11.3 Å². The van der Waals surface area contributed by atoms with Crippen LogP contribution in [0.4, 0.5) is 8.78 Å². The molecule has 0 aliphatic rings. The minimum absolute atomic E-state index is 0.105. The van der Waals surface area contributed by atoms with Gasteiger partial charge in [-0.15, -0.1) is 11.8 Å². The maximum Gasteiger partial charge on any atom is 0.159 e. The Morgan fingerprint density at radius 1 is 1.16 bits per heavy atom. The Kier molecular flexibility index (Phi) is 4.50. The number of thioether (sulfide) groups is 1. The molecule has 1 aromatic heterocycles. The zero-order chi connectivity index (χ0) is 13.8. The molecule has 2 unspecified atom stereocenters. The van der Waals surface area contributed by atoms with E-state index in [9.17, 15) is 8.78 Å². The largest absolute Gasteiger partial charge is 0.327 e. The van der Waals surface area contributed by atoms with Crippen LogP contribution in [-0.4, -0.2) is 11.0 Å². The molecule has 0 fully saturated rings. The van der Waals surface area contributed by atoms with Crippen molar-refractivity contribution in [2.24, 2.45) is 5.73 Å². The predicted molar refractivity (Wildman–Crippen MR) is 72.8 cm³/mol. The summed E-state index contributed by atoms with van der Waals surface area (Å²) < 4.78 is 26.1. The number of hydrogen-bond donors (Lipinski definition) is 1. The lowest BCUT2D eigenvalue weighted by Gasteiger charge is -2.19. The first-order chi connectivity index (χ1) is 9.08. The van der Waals surface area contributed by atoms with E-state index in [1.165, 1.54) is 17.8 Å². The van der Waals surface area contributed by atoms with Gasteiger partial charge in [-0.25, -0.2) is 8.78 Å². The first kappa shape index (κ1) is 14.0. The number of pyridine rings is 1. The number of nitrogens with two attached hydrogens (primary N) is 1. The highest BCUT2D eigenvalue weighted by molar-refractivity contribution is 7.99. The molecule has 1 heterocycles. The summed E-state index contributed by atoms with van der Waals surface area (Å²) in [6.07, 6.45) is 1.69. The van der Waals surface area contributed by atoms with Gasteiger partial charge in [0.15, 0.2) is 11.6 Å². The molecule has 1 aromatic carbocycles. The predicted octanol–water partition coefficient (Wildman–Crippen LogP) is 3.54. The number of nitrogens with zero attached hydrogens (tertiary/aromatic N) is 1. The summed E-state index contributed by atoms with van der Waals surface area (Å²) in [4.78, 5) is 4.90. The van der Waals surface area contributed by atoms with Gasteiger partial charge in [0.1, 0.15) is 0 Å². The van der Waals surface area contributed by atoms with Gasteiger partial charge < -0.3 is 5.73 Å².